The molecular weight excluding hydrogens is 363 g/mol. The summed E-state index contributed by atoms with van der Waals surface area (Å²) in [5.41, 5.74) is 1.26. The monoisotopic (exact) mass is 376 g/mol. The molecule has 4 nitrogen and oxygen atoms in total. The van der Waals surface area contributed by atoms with E-state index in [0.717, 1.165) is 11.1 Å². The lowest BCUT2D eigenvalue weighted by Gasteiger charge is -2.09. The maximum atomic E-state index is 12.5. The van der Waals surface area contributed by atoms with Crippen molar-refractivity contribution in [1.82, 2.24) is 0 Å². The molecule has 0 amide bonds. The first-order valence-corrected chi connectivity index (χ1v) is 8.46. The summed E-state index contributed by atoms with van der Waals surface area (Å²) < 4.78 is 10.6. The highest BCUT2D eigenvalue weighted by Crippen LogP contribution is 2.25. The van der Waals surface area contributed by atoms with Gasteiger partial charge in [0.15, 0.2) is 0 Å². The minimum absolute atomic E-state index is 0.189. The van der Waals surface area contributed by atoms with Gasteiger partial charge in [0.25, 0.3) is 0 Å². The van der Waals surface area contributed by atoms with E-state index in [9.17, 15) is 9.59 Å². The zero-order valence-electron chi connectivity index (χ0n) is 13.3. The Morgan fingerprint density at radius 2 is 2.12 bits per heavy atom. The van der Waals surface area contributed by atoms with Crippen molar-refractivity contribution >= 4 is 40.1 Å². The Balaban J connectivity index is 1.96. The van der Waals surface area contributed by atoms with Crippen LogP contribution >= 0.6 is 23.2 Å². The lowest BCUT2D eigenvalue weighted by atomic mass is 10.1. The van der Waals surface area contributed by atoms with Crippen LogP contribution in [0.3, 0.4) is 0 Å². The number of benzene rings is 1. The van der Waals surface area contributed by atoms with Gasteiger partial charge in [-0.3, -0.25) is 0 Å². The van der Waals surface area contributed by atoms with E-state index in [1.54, 1.807) is 30.4 Å². The minimum Gasteiger partial charge on any atom is -0.425 e. The van der Waals surface area contributed by atoms with Crippen molar-refractivity contribution in [2.24, 2.45) is 0 Å². The molecule has 1 aliphatic rings. The second-order valence-corrected chi connectivity index (χ2v) is 6.34. The van der Waals surface area contributed by atoms with Crippen molar-refractivity contribution in [3.63, 3.8) is 0 Å². The number of hydrogen-bond acceptors (Lipinski definition) is 4. The van der Waals surface area contributed by atoms with Gasteiger partial charge < -0.3 is 9.15 Å². The molecule has 2 aromatic rings. The molecular formula is C19H14Cl2O4. The van der Waals surface area contributed by atoms with Gasteiger partial charge >= 0.3 is 11.6 Å². The van der Waals surface area contributed by atoms with E-state index in [-0.39, 0.29) is 5.56 Å². The average Bonchev–Trinajstić information content (AvgIpc) is 2.74. The predicted octanol–water partition coefficient (Wildman–Crippen LogP) is 5.05. The number of carbonyl (C=O) groups excluding carboxylic acids is 1. The first kappa shape index (κ1) is 17.5. The van der Waals surface area contributed by atoms with Crippen molar-refractivity contribution in [3.05, 3.63) is 80.4 Å². The molecule has 128 valence electrons. The van der Waals surface area contributed by atoms with Crippen molar-refractivity contribution in [2.75, 3.05) is 0 Å². The molecule has 0 radical (unpaired) electrons. The molecule has 0 saturated carbocycles. The summed E-state index contributed by atoms with van der Waals surface area (Å²) in [6.07, 6.45) is 5.67. The molecule has 1 heterocycles. The Hall–Kier alpha value is -2.30. The highest BCUT2D eigenvalue weighted by molar-refractivity contribution is 6.31. The lowest BCUT2D eigenvalue weighted by Crippen LogP contribution is -2.16. The molecule has 0 unspecified atom stereocenters. The standard InChI is InChI=1S/C19H14Cl2O4/c1-11-3-2-4-15(21)17(7-11)25-19(23)14-9-13-8-12(10-20)5-6-16(13)24-18(14)22/h2-6,8-9H,7,10H2,1H3. The molecule has 0 aliphatic heterocycles. The maximum absolute atomic E-state index is 12.5. The first-order chi connectivity index (χ1) is 12.0. The maximum Gasteiger partial charge on any atom is 0.351 e. The smallest absolute Gasteiger partial charge is 0.351 e. The predicted molar refractivity (Wildman–Crippen MR) is 97.8 cm³/mol. The van der Waals surface area contributed by atoms with Gasteiger partial charge in [-0.05, 0) is 36.8 Å². The molecule has 3 rings (SSSR count). The van der Waals surface area contributed by atoms with Gasteiger partial charge in [-0.1, -0.05) is 35.4 Å². The fourth-order valence-corrected chi connectivity index (χ4v) is 2.78. The number of rotatable bonds is 3. The fraction of sp³-hybridized carbons (Fsp3) is 0.158. The number of carbonyl (C=O) groups is 1. The zero-order valence-corrected chi connectivity index (χ0v) is 14.9. The Labute approximate surface area is 154 Å². The van der Waals surface area contributed by atoms with E-state index in [0.29, 0.717) is 34.1 Å². The van der Waals surface area contributed by atoms with E-state index in [1.165, 1.54) is 6.07 Å². The van der Waals surface area contributed by atoms with Crippen LogP contribution in [0.5, 0.6) is 0 Å². The summed E-state index contributed by atoms with van der Waals surface area (Å²) in [6.45, 7) is 1.89. The molecule has 0 bridgehead atoms. The van der Waals surface area contributed by atoms with E-state index >= 15 is 0 Å². The quantitative estimate of drug-likeness (QED) is 0.427. The number of halogens is 2. The third kappa shape index (κ3) is 3.86. The number of fused-ring (bicyclic) bond motifs is 1. The Kier molecular flexibility index (Phi) is 5.11. The molecule has 1 aromatic heterocycles. The number of alkyl halides is 1. The van der Waals surface area contributed by atoms with Crippen molar-refractivity contribution in [1.29, 1.82) is 0 Å². The number of esters is 1. The van der Waals surface area contributed by atoms with Crippen LogP contribution in [0.15, 0.2) is 68.1 Å². The normalized spacial score (nSPS) is 14.4. The van der Waals surface area contributed by atoms with E-state index in [1.807, 2.05) is 13.0 Å². The van der Waals surface area contributed by atoms with Crippen LogP contribution in [-0.2, 0) is 10.6 Å². The van der Waals surface area contributed by atoms with Crippen LogP contribution in [0, 0.1) is 0 Å². The highest BCUT2D eigenvalue weighted by Gasteiger charge is 2.19. The lowest BCUT2D eigenvalue weighted by molar-refractivity contribution is 0.0613. The highest BCUT2D eigenvalue weighted by atomic mass is 35.5. The summed E-state index contributed by atoms with van der Waals surface area (Å²) in [6, 6.07) is 6.61. The van der Waals surface area contributed by atoms with Crippen LogP contribution < -0.4 is 5.63 Å². The number of ether oxygens (including phenoxy) is 1. The second-order valence-electron chi connectivity index (χ2n) is 5.66. The Morgan fingerprint density at radius 1 is 1.32 bits per heavy atom. The summed E-state index contributed by atoms with van der Waals surface area (Å²) in [4.78, 5) is 24.6. The van der Waals surface area contributed by atoms with Crippen LogP contribution in [0.4, 0.5) is 0 Å². The fourth-order valence-electron chi connectivity index (χ4n) is 2.44. The van der Waals surface area contributed by atoms with Crippen LogP contribution in [0.25, 0.3) is 11.0 Å². The summed E-state index contributed by atoms with van der Waals surface area (Å²) >= 11 is 11.9. The SMILES string of the molecule is CC1=CC=CC(Cl)=C(OC(=O)c2cc3cc(CCl)ccc3oc2=O)C1. The average molecular weight is 377 g/mol. The van der Waals surface area contributed by atoms with Crippen molar-refractivity contribution in [3.8, 4) is 0 Å². The Bertz CT molecular complexity index is 996. The Morgan fingerprint density at radius 3 is 2.88 bits per heavy atom. The number of hydrogen-bond donors (Lipinski definition) is 0. The molecule has 6 heteroatoms. The van der Waals surface area contributed by atoms with Crippen LogP contribution in [0.1, 0.15) is 29.3 Å². The second kappa shape index (κ2) is 7.30. The molecule has 1 aromatic carbocycles. The van der Waals surface area contributed by atoms with Gasteiger partial charge in [0.2, 0.25) is 0 Å². The molecule has 25 heavy (non-hydrogen) atoms. The molecule has 0 spiro atoms. The van der Waals surface area contributed by atoms with Gasteiger partial charge in [0.1, 0.15) is 16.9 Å². The summed E-state index contributed by atoms with van der Waals surface area (Å²) in [5, 5.41) is 0.915. The van der Waals surface area contributed by atoms with Crippen molar-refractivity contribution < 1.29 is 13.9 Å². The molecule has 0 fully saturated rings. The molecule has 0 atom stereocenters. The number of allylic oxidation sites excluding steroid dienone is 5. The third-order valence-electron chi connectivity index (χ3n) is 3.72. The third-order valence-corrected chi connectivity index (χ3v) is 4.36. The van der Waals surface area contributed by atoms with E-state index in [4.69, 9.17) is 32.4 Å². The minimum atomic E-state index is -0.803. The summed E-state index contributed by atoms with van der Waals surface area (Å²) in [5.74, 6) is -0.193. The molecule has 0 N–H and O–H groups in total. The molecule has 1 aliphatic carbocycles. The van der Waals surface area contributed by atoms with Crippen LogP contribution in [-0.4, -0.2) is 5.97 Å². The van der Waals surface area contributed by atoms with Crippen LogP contribution in [0.2, 0.25) is 0 Å². The van der Waals surface area contributed by atoms with Gasteiger partial charge in [-0.15, -0.1) is 11.6 Å². The first-order valence-electron chi connectivity index (χ1n) is 7.55. The van der Waals surface area contributed by atoms with Gasteiger partial charge in [0.05, 0.1) is 5.03 Å². The van der Waals surface area contributed by atoms with Gasteiger partial charge in [0, 0.05) is 17.7 Å². The molecule has 0 saturated heterocycles. The van der Waals surface area contributed by atoms with E-state index < -0.39 is 11.6 Å². The summed E-state index contributed by atoms with van der Waals surface area (Å²) in [7, 11) is 0. The van der Waals surface area contributed by atoms with E-state index in [2.05, 4.69) is 0 Å². The largest absolute Gasteiger partial charge is 0.425 e. The van der Waals surface area contributed by atoms with Gasteiger partial charge in [-0.2, -0.15) is 0 Å². The van der Waals surface area contributed by atoms with Gasteiger partial charge in [-0.25, -0.2) is 9.59 Å². The zero-order chi connectivity index (χ0) is 18.0. The topological polar surface area (TPSA) is 56.5 Å². The van der Waals surface area contributed by atoms with Crippen molar-refractivity contribution in [2.45, 2.75) is 19.2 Å².